The number of amides is 2. The van der Waals surface area contributed by atoms with Gasteiger partial charge in [0.15, 0.2) is 0 Å². The predicted octanol–water partition coefficient (Wildman–Crippen LogP) is 2.73. The Morgan fingerprint density at radius 1 is 1.04 bits per heavy atom. The van der Waals surface area contributed by atoms with Crippen LogP contribution in [0.4, 0.5) is 5.69 Å². The van der Waals surface area contributed by atoms with Gasteiger partial charge in [0.25, 0.3) is 5.91 Å². The number of anilines is 1. The van der Waals surface area contributed by atoms with Crippen LogP contribution in [0.1, 0.15) is 34.8 Å². The lowest BCUT2D eigenvalue weighted by atomic mass is 10.0. The monoisotopic (exact) mass is 402 g/mol. The molecule has 6 nitrogen and oxygen atoms in total. The number of rotatable bonds is 8. The van der Waals surface area contributed by atoms with Crippen molar-refractivity contribution in [3.8, 4) is 0 Å². The number of sulfone groups is 1. The Morgan fingerprint density at radius 2 is 1.71 bits per heavy atom. The van der Waals surface area contributed by atoms with E-state index < -0.39 is 27.7 Å². The van der Waals surface area contributed by atoms with Gasteiger partial charge in [-0.05, 0) is 43.0 Å². The van der Waals surface area contributed by atoms with Gasteiger partial charge in [-0.3, -0.25) is 9.59 Å². The van der Waals surface area contributed by atoms with E-state index >= 15 is 0 Å². The zero-order valence-corrected chi connectivity index (χ0v) is 17.2. The summed E-state index contributed by atoms with van der Waals surface area (Å²) in [5, 5.41) is 5.54. The van der Waals surface area contributed by atoms with Crippen LogP contribution in [0.25, 0.3) is 0 Å². The minimum atomic E-state index is -3.28. The van der Waals surface area contributed by atoms with Crippen LogP contribution in [0.5, 0.6) is 0 Å². The molecule has 0 aliphatic heterocycles. The van der Waals surface area contributed by atoms with Crippen LogP contribution in [0, 0.1) is 6.92 Å². The zero-order valence-electron chi connectivity index (χ0n) is 16.4. The molecule has 2 aromatic carbocycles. The molecule has 0 aliphatic rings. The molecule has 0 spiro atoms. The first-order chi connectivity index (χ1) is 13.2. The highest BCUT2D eigenvalue weighted by atomic mass is 32.2. The lowest BCUT2D eigenvalue weighted by molar-refractivity contribution is -0.118. The summed E-state index contributed by atoms with van der Waals surface area (Å²) in [6.45, 7) is 3.88. The Morgan fingerprint density at radius 3 is 2.32 bits per heavy atom. The molecule has 2 rings (SSSR count). The molecule has 0 heterocycles. The molecule has 0 bridgehead atoms. The number of carbonyl (C=O) groups excluding carboxylic acids is 2. The lowest BCUT2D eigenvalue weighted by Gasteiger charge is -2.20. The SMILES string of the molecule is CCc1cccc(C)c1NC(=O)[C@@H](CCS(C)(=O)=O)NC(=O)c1ccccc1. The molecule has 2 aromatic rings. The van der Waals surface area contributed by atoms with Gasteiger partial charge >= 0.3 is 0 Å². The minimum absolute atomic E-state index is 0.00339. The summed E-state index contributed by atoms with van der Waals surface area (Å²) in [5.41, 5.74) is 2.99. The molecule has 7 heteroatoms. The molecule has 0 aromatic heterocycles. The van der Waals surface area contributed by atoms with Crippen molar-refractivity contribution in [3.05, 3.63) is 65.2 Å². The molecule has 150 valence electrons. The first-order valence-corrected chi connectivity index (χ1v) is 11.2. The molecule has 0 aliphatic carbocycles. The van der Waals surface area contributed by atoms with Crippen molar-refractivity contribution < 1.29 is 18.0 Å². The summed E-state index contributed by atoms with van der Waals surface area (Å²) in [4.78, 5) is 25.4. The summed E-state index contributed by atoms with van der Waals surface area (Å²) in [5.74, 6) is -1.05. The van der Waals surface area contributed by atoms with Gasteiger partial charge in [0, 0.05) is 17.5 Å². The van der Waals surface area contributed by atoms with Gasteiger partial charge in [0.05, 0.1) is 5.75 Å². The summed E-state index contributed by atoms with van der Waals surface area (Å²) in [7, 11) is -3.28. The molecule has 0 unspecified atom stereocenters. The van der Waals surface area contributed by atoms with Crippen LogP contribution in [-0.4, -0.2) is 38.3 Å². The summed E-state index contributed by atoms with van der Waals surface area (Å²) < 4.78 is 23.2. The fraction of sp³-hybridized carbons (Fsp3) is 0.333. The normalized spacial score (nSPS) is 12.2. The molecule has 0 radical (unpaired) electrons. The van der Waals surface area contributed by atoms with Crippen LogP contribution in [0.2, 0.25) is 0 Å². The standard InChI is InChI=1S/C21H26N2O4S/c1-4-16-12-8-9-15(2)19(16)23-21(25)18(13-14-28(3,26)27)22-20(24)17-10-6-5-7-11-17/h5-12,18H,4,13-14H2,1-3H3,(H,22,24)(H,23,25)/t18-/m1/s1. The van der Waals surface area contributed by atoms with E-state index in [4.69, 9.17) is 0 Å². The molecule has 2 amide bonds. The van der Waals surface area contributed by atoms with E-state index in [0.717, 1.165) is 23.8 Å². The summed E-state index contributed by atoms with van der Waals surface area (Å²) >= 11 is 0. The zero-order chi connectivity index (χ0) is 20.7. The third-order valence-electron chi connectivity index (χ3n) is 4.42. The Kier molecular flexibility index (Phi) is 7.34. The quantitative estimate of drug-likeness (QED) is 0.710. The average Bonchev–Trinajstić information content (AvgIpc) is 2.66. The third-order valence-corrected chi connectivity index (χ3v) is 5.40. The molecule has 28 heavy (non-hydrogen) atoms. The fourth-order valence-corrected chi connectivity index (χ4v) is 3.51. The maximum atomic E-state index is 12.9. The number of hydrogen-bond acceptors (Lipinski definition) is 4. The van der Waals surface area contributed by atoms with Gasteiger partial charge in [0.2, 0.25) is 5.91 Å². The highest BCUT2D eigenvalue weighted by molar-refractivity contribution is 7.90. The first-order valence-electron chi connectivity index (χ1n) is 9.14. The van der Waals surface area contributed by atoms with Gasteiger partial charge < -0.3 is 10.6 Å². The third kappa shape index (κ3) is 6.20. The van der Waals surface area contributed by atoms with Gasteiger partial charge in [-0.25, -0.2) is 8.42 Å². The minimum Gasteiger partial charge on any atom is -0.340 e. The molecule has 2 N–H and O–H groups in total. The average molecular weight is 403 g/mol. The van der Waals surface area contributed by atoms with Crippen molar-refractivity contribution in [3.63, 3.8) is 0 Å². The van der Waals surface area contributed by atoms with Crippen LogP contribution in [0.3, 0.4) is 0 Å². The number of carbonyl (C=O) groups is 2. The maximum Gasteiger partial charge on any atom is 0.251 e. The predicted molar refractivity (Wildman–Crippen MR) is 111 cm³/mol. The van der Waals surface area contributed by atoms with Crippen molar-refractivity contribution in [2.45, 2.75) is 32.7 Å². The van der Waals surface area contributed by atoms with Gasteiger partial charge in [0.1, 0.15) is 15.9 Å². The second kappa shape index (κ2) is 9.50. The van der Waals surface area contributed by atoms with Crippen molar-refractivity contribution in [1.29, 1.82) is 0 Å². The molecular formula is C21H26N2O4S. The molecule has 0 fully saturated rings. The van der Waals surface area contributed by atoms with Crippen molar-refractivity contribution >= 4 is 27.3 Å². The second-order valence-corrected chi connectivity index (χ2v) is 9.02. The number of benzene rings is 2. The van der Waals surface area contributed by atoms with Gasteiger partial charge in [-0.1, -0.05) is 43.3 Å². The van der Waals surface area contributed by atoms with Gasteiger partial charge in [-0.2, -0.15) is 0 Å². The van der Waals surface area contributed by atoms with Gasteiger partial charge in [-0.15, -0.1) is 0 Å². The smallest absolute Gasteiger partial charge is 0.251 e. The number of para-hydroxylation sites is 1. The maximum absolute atomic E-state index is 12.9. The Labute approximate surface area is 166 Å². The van der Waals surface area contributed by atoms with Crippen LogP contribution in [-0.2, 0) is 21.1 Å². The van der Waals surface area contributed by atoms with E-state index in [1.165, 1.54) is 0 Å². The fourth-order valence-electron chi connectivity index (χ4n) is 2.84. The van der Waals surface area contributed by atoms with Crippen LogP contribution >= 0.6 is 0 Å². The highest BCUT2D eigenvalue weighted by Gasteiger charge is 2.24. The van der Waals surface area contributed by atoms with E-state index in [-0.39, 0.29) is 12.2 Å². The lowest BCUT2D eigenvalue weighted by Crippen LogP contribution is -2.45. The Bertz CT molecular complexity index is 940. The number of nitrogens with one attached hydrogen (secondary N) is 2. The number of hydrogen-bond donors (Lipinski definition) is 2. The topological polar surface area (TPSA) is 92.3 Å². The Hall–Kier alpha value is -2.67. The van der Waals surface area contributed by atoms with Crippen molar-refractivity contribution in [1.82, 2.24) is 5.32 Å². The van der Waals surface area contributed by atoms with E-state index in [1.807, 2.05) is 32.0 Å². The van der Waals surface area contributed by atoms with Crippen molar-refractivity contribution in [2.75, 3.05) is 17.3 Å². The molecular weight excluding hydrogens is 376 g/mol. The molecule has 1 atom stereocenters. The molecule has 0 saturated carbocycles. The van der Waals surface area contributed by atoms with Crippen LogP contribution < -0.4 is 10.6 Å². The van der Waals surface area contributed by atoms with E-state index in [2.05, 4.69) is 10.6 Å². The van der Waals surface area contributed by atoms with Crippen LogP contribution in [0.15, 0.2) is 48.5 Å². The summed E-state index contributed by atoms with van der Waals surface area (Å²) in [6, 6.07) is 13.3. The highest BCUT2D eigenvalue weighted by Crippen LogP contribution is 2.21. The van der Waals surface area contributed by atoms with E-state index in [9.17, 15) is 18.0 Å². The first kappa shape index (κ1) is 21.6. The Balaban J connectivity index is 2.23. The molecule has 0 saturated heterocycles. The van der Waals surface area contributed by atoms with E-state index in [1.54, 1.807) is 30.3 Å². The largest absolute Gasteiger partial charge is 0.340 e. The van der Waals surface area contributed by atoms with E-state index in [0.29, 0.717) is 11.3 Å². The summed E-state index contributed by atoms with van der Waals surface area (Å²) in [6.07, 6.45) is 1.84. The number of aryl methyl sites for hydroxylation is 2. The van der Waals surface area contributed by atoms with Crippen molar-refractivity contribution in [2.24, 2.45) is 0 Å². The second-order valence-electron chi connectivity index (χ2n) is 6.76.